The number of esters is 1. The monoisotopic (exact) mass is 446 g/mol. The highest BCUT2D eigenvalue weighted by Crippen LogP contribution is 2.31. The Morgan fingerprint density at radius 3 is 2.55 bits per heavy atom. The molecule has 0 fully saturated rings. The minimum atomic E-state index is -1.20. The summed E-state index contributed by atoms with van der Waals surface area (Å²) in [6, 6.07) is 17.3. The highest BCUT2D eigenvalue weighted by atomic mass is 16.5. The van der Waals surface area contributed by atoms with Crippen LogP contribution < -0.4 is 5.32 Å². The van der Waals surface area contributed by atoms with Gasteiger partial charge in [-0.1, -0.05) is 60.2 Å². The number of nitrogens with one attached hydrogen (secondary N) is 1. The summed E-state index contributed by atoms with van der Waals surface area (Å²) in [5, 5.41) is 2.97. The van der Waals surface area contributed by atoms with Crippen LogP contribution in [-0.2, 0) is 29.2 Å². The zero-order valence-corrected chi connectivity index (χ0v) is 18.9. The number of nitrogens with zero attached hydrogens (tertiary/aromatic N) is 3. The second kappa shape index (κ2) is 8.90. The van der Waals surface area contributed by atoms with E-state index in [9.17, 15) is 14.4 Å². The molecule has 0 aliphatic carbocycles. The van der Waals surface area contributed by atoms with E-state index in [2.05, 4.69) is 10.3 Å². The van der Waals surface area contributed by atoms with Crippen LogP contribution in [0.5, 0.6) is 0 Å². The van der Waals surface area contributed by atoms with Crippen molar-refractivity contribution in [3.05, 3.63) is 89.0 Å². The summed E-state index contributed by atoms with van der Waals surface area (Å²) >= 11 is 0. The molecule has 1 atom stereocenters. The molecule has 33 heavy (non-hydrogen) atoms. The number of fused-ring (bicyclic) bond motifs is 1. The first-order valence-electron chi connectivity index (χ1n) is 10.7. The Morgan fingerprint density at radius 1 is 1.12 bits per heavy atom. The average Bonchev–Trinajstić information content (AvgIpc) is 3.24. The zero-order valence-electron chi connectivity index (χ0n) is 18.9. The summed E-state index contributed by atoms with van der Waals surface area (Å²) in [6.07, 6.45) is 1.41. The molecule has 1 aromatic heterocycles. The number of ether oxygens (including phenoxy) is 1. The number of imidazole rings is 1. The van der Waals surface area contributed by atoms with Crippen LogP contribution in [0.4, 0.5) is 0 Å². The highest BCUT2D eigenvalue weighted by Gasteiger charge is 2.48. The number of methoxy groups -OCH3 is 1. The molecule has 2 aromatic carbocycles. The molecular weight excluding hydrogens is 420 g/mol. The third-order valence-electron chi connectivity index (χ3n) is 5.95. The smallest absolute Gasteiger partial charge is 0.359 e. The first kappa shape index (κ1) is 22.3. The lowest BCUT2D eigenvalue weighted by Crippen LogP contribution is -2.63. The van der Waals surface area contributed by atoms with Gasteiger partial charge in [0, 0.05) is 13.1 Å². The van der Waals surface area contributed by atoms with Gasteiger partial charge in [-0.15, -0.1) is 0 Å². The molecule has 0 bridgehead atoms. The van der Waals surface area contributed by atoms with Crippen molar-refractivity contribution in [2.75, 3.05) is 7.11 Å². The summed E-state index contributed by atoms with van der Waals surface area (Å²) in [5.41, 5.74) is 1.77. The Morgan fingerprint density at radius 2 is 1.85 bits per heavy atom. The third kappa shape index (κ3) is 4.24. The molecule has 0 spiro atoms. The van der Waals surface area contributed by atoms with Crippen molar-refractivity contribution in [3.63, 3.8) is 0 Å². The molecule has 2 heterocycles. The molecule has 0 saturated carbocycles. The van der Waals surface area contributed by atoms with E-state index in [1.54, 1.807) is 11.5 Å². The van der Waals surface area contributed by atoms with Crippen molar-refractivity contribution in [2.24, 2.45) is 0 Å². The van der Waals surface area contributed by atoms with Gasteiger partial charge in [-0.2, -0.15) is 0 Å². The van der Waals surface area contributed by atoms with E-state index in [0.717, 1.165) is 16.7 Å². The quantitative estimate of drug-likeness (QED) is 0.588. The predicted molar refractivity (Wildman–Crippen MR) is 121 cm³/mol. The van der Waals surface area contributed by atoms with Gasteiger partial charge in [0.15, 0.2) is 5.69 Å². The van der Waals surface area contributed by atoms with Crippen molar-refractivity contribution in [3.8, 4) is 0 Å². The summed E-state index contributed by atoms with van der Waals surface area (Å²) in [4.78, 5) is 45.0. The number of carbonyl (C=O) groups is 3. The molecule has 4 rings (SSSR count). The Bertz CT molecular complexity index is 1200. The van der Waals surface area contributed by atoms with Gasteiger partial charge in [0.1, 0.15) is 11.2 Å². The van der Waals surface area contributed by atoms with Crippen LogP contribution in [0.3, 0.4) is 0 Å². The molecule has 2 amide bonds. The summed E-state index contributed by atoms with van der Waals surface area (Å²) in [7, 11) is 1.24. The van der Waals surface area contributed by atoms with Crippen molar-refractivity contribution in [1.82, 2.24) is 19.8 Å². The molecule has 170 valence electrons. The van der Waals surface area contributed by atoms with Crippen LogP contribution in [0.1, 0.15) is 44.6 Å². The minimum absolute atomic E-state index is 0.0523. The molecule has 0 saturated heterocycles. The number of aromatic nitrogens is 2. The maximum atomic E-state index is 13.7. The fraction of sp³-hybridized carbons (Fsp3) is 0.280. The highest BCUT2D eigenvalue weighted by molar-refractivity contribution is 6.06. The van der Waals surface area contributed by atoms with E-state index in [-0.39, 0.29) is 30.4 Å². The van der Waals surface area contributed by atoms with Crippen molar-refractivity contribution in [1.29, 1.82) is 0 Å². The van der Waals surface area contributed by atoms with E-state index >= 15 is 0 Å². The van der Waals surface area contributed by atoms with E-state index in [1.165, 1.54) is 18.3 Å². The summed E-state index contributed by atoms with van der Waals surface area (Å²) < 4.78 is 6.36. The topological polar surface area (TPSA) is 93.5 Å². The fourth-order valence-electron chi connectivity index (χ4n) is 4.14. The number of carbonyl (C=O) groups excluding carboxylic acids is 3. The van der Waals surface area contributed by atoms with Crippen molar-refractivity contribution >= 4 is 17.8 Å². The second-order valence-corrected chi connectivity index (χ2v) is 8.38. The molecule has 0 radical (unpaired) electrons. The van der Waals surface area contributed by atoms with Gasteiger partial charge in [0.25, 0.3) is 5.91 Å². The molecule has 1 N–H and O–H groups in total. The van der Waals surface area contributed by atoms with Gasteiger partial charge in [0.2, 0.25) is 5.91 Å². The van der Waals surface area contributed by atoms with E-state index in [1.807, 2.05) is 61.5 Å². The van der Waals surface area contributed by atoms with Gasteiger partial charge in [0.05, 0.1) is 20.0 Å². The number of aryl methyl sites for hydroxylation is 1. The maximum absolute atomic E-state index is 13.7. The zero-order chi connectivity index (χ0) is 23.6. The lowest BCUT2D eigenvalue weighted by atomic mass is 9.93. The first-order valence-corrected chi connectivity index (χ1v) is 10.7. The molecule has 3 aromatic rings. The SMILES string of the molecule is COC(=O)c1ncn2c1C(=O)N(Cc1cccc(C)c1)[C@](C)(C(=O)NCc1ccccc1)C2. The number of amides is 2. The van der Waals surface area contributed by atoms with Crippen LogP contribution in [0.15, 0.2) is 60.9 Å². The number of benzene rings is 2. The average molecular weight is 447 g/mol. The van der Waals surface area contributed by atoms with Crippen molar-refractivity contribution < 1.29 is 19.1 Å². The van der Waals surface area contributed by atoms with Crippen LogP contribution in [-0.4, -0.2) is 44.9 Å². The Labute approximate surface area is 192 Å². The largest absolute Gasteiger partial charge is 0.464 e. The van der Waals surface area contributed by atoms with Crippen LogP contribution in [0, 0.1) is 6.92 Å². The number of rotatable bonds is 6. The normalized spacial score (nSPS) is 17.4. The number of hydrogen-bond donors (Lipinski definition) is 1. The first-order chi connectivity index (χ1) is 15.8. The maximum Gasteiger partial charge on any atom is 0.359 e. The van der Waals surface area contributed by atoms with E-state index < -0.39 is 17.4 Å². The Kier molecular flexibility index (Phi) is 6.00. The predicted octanol–water partition coefficient (Wildman–Crippen LogP) is 2.71. The fourth-order valence-corrected chi connectivity index (χ4v) is 4.14. The molecule has 8 heteroatoms. The lowest BCUT2D eigenvalue weighted by molar-refractivity contribution is -0.133. The molecule has 1 aliphatic heterocycles. The van der Waals surface area contributed by atoms with Crippen LogP contribution in [0.25, 0.3) is 0 Å². The van der Waals surface area contributed by atoms with Gasteiger partial charge in [-0.3, -0.25) is 9.59 Å². The summed E-state index contributed by atoms with van der Waals surface area (Å²) in [6.45, 7) is 4.41. The second-order valence-electron chi connectivity index (χ2n) is 8.38. The Hall–Kier alpha value is -3.94. The molecule has 8 nitrogen and oxygen atoms in total. The minimum Gasteiger partial charge on any atom is -0.464 e. The Balaban J connectivity index is 1.70. The molecule has 0 unspecified atom stereocenters. The van der Waals surface area contributed by atoms with E-state index in [4.69, 9.17) is 4.74 Å². The number of hydrogen-bond acceptors (Lipinski definition) is 5. The lowest BCUT2D eigenvalue weighted by Gasteiger charge is -2.43. The van der Waals surface area contributed by atoms with Gasteiger partial charge < -0.3 is 19.5 Å². The van der Waals surface area contributed by atoms with Gasteiger partial charge in [-0.25, -0.2) is 9.78 Å². The third-order valence-corrected chi connectivity index (χ3v) is 5.95. The van der Waals surface area contributed by atoms with Crippen LogP contribution >= 0.6 is 0 Å². The summed E-state index contributed by atoms with van der Waals surface area (Å²) in [5.74, 6) is -1.42. The molecule has 1 aliphatic rings. The van der Waals surface area contributed by atoms with Crippen molar-refractivity contribution in [2.45, 2.75) is 39.0 Å². The standard InChI is InChI=1S/C25H26N4O4/c1-17-8-7-11-19(12-17)14-29-22(30)21-20(23(31)33-3)27-16-28(21)15-25(29,2)24(32)26-13-18-9-5-4-6-10-18/h4-12,16H,13-15H2,1-3H3,(H,26,32)/t25-/m0/s1. The van der Waals surface area contributed by atoms with Crippen LogP contribution in [0.2, 0.25) is 0 Å². The van der Waals surface area contributed by atoms with Gasteiger partial charge in [-0.05, 0) is 25.0 Å². The molecular formula is C25H26N4O4. The van der Waals surface area contributed by atoms with Gasteiger partial charge >= 0.3 is 5.97 Å². The van der Waals surface area contributed by atoms with E-state index in [0.29, 0.717) is 6.54 Å².